The maximum Gasteiger partial charge on any atom is 0.335 e. The summed E-state index contributed by atoms with van der Waals surface area (Å²) in [5.41, 5.74) is 2.86. The number of hydrogen-bond donors (Lipinski definition) is 2. The summed E-state index contributed by atoms with van der Waals surface area (Å²) in [4.78, 5) is 22.0. The second-order valence-electron chi connectivity index (χ2n) is 5.64. The Morgan fingerprint density at radius 2 is 1.75 bits per heavy atom. The van der Waals surface area contributed by atoms with Gasteiger partial charge in [0.25, 0.3) is 0 Å². The summed E-state index contributed by atoms with van der Waals surface area (Å²) in [6.45, 7) is 3.47. The number of hydrogen-bond acceptors (Lipinski definition) is 2. The predicted octanol–water partition coefficient (Wildman–Crippen LogP) is 2.85. The highest BCUT2D eigenvalue weighted by molar-refractivity contribution is 5.88. The first kappa shape index (κ1) is 17.3. The van der Waals surface area contributed by atoms with Crippen LogP contribution in [-0.4, -0.2) is 23.0 Å². The van der Waals surface area contributed by atoms with E-state index < -0.39 is 5.97 Å². The van der Waals surface area contributed by atoms with E-state index in [0.717, 1.165) is 17.5 Å². The lowest BCUT2D eigenvalue weighted by Gasteiger charge is -2.12. The Balaban J connectivity index is 2.06. The van der Waals surface area contributed by atoms with Gasteiger partial charge in [-0.2, -0.15) is 0 Å². The van der Waals surface area contributed by atoms with Crippen molar-refractivity contribution in [3.05, 3.63) is 70.8 Å². The number of carboxylic acid groups (broad SMARTS) is 1. The zero-order valence-electron chi connectivity index (χ0n) is 13.7. The minimum Gasteiger partial charge on any atom is -0.478 e. The molecular weight excluding hydrogens is 302 g/mol. The van der Waals surface area contributed by atoms with Crippen LogP contribution in [0.4, 0.5) is 0 Å². The van der Waals surface area contributed by atoms with Gasteiger partial charge < -0.3 is 10.4 Å². The van der Waals surface area contributed by atoms with E-state index in [1.165, 1.54) is 6.92 Å². The topological polar surface area (TPSA) is 66.4 Å². The fourth-order valence-electron chi connectivity index (χ4n) is 2.35. The van der Waals surface area contributed by atoms with Crippen molar-refractivity contribution in [3.8, 4) is 11.8 Å². The van der Waals surface area contributed by atoms with Crippen molar-refractivity contribution < 1.29 is 14.7 Å². The van der Waals surface area contributed by atoms with Crippen LogP contribution in [0.2, 0.25) is 0 Å². The van der Waals surface area contributed by atoms with Crippen molar-refractivity contribution in [2.24, 2.45) is 0 Å². The van der Waals surface area contributed by atoms with E-state index >= 15 is 0 Å². The first-order chi connectivity index (χ1) is 11.4. The van der Waals surface area contributed by atoms with Gasteiger partial charge in [0.05, 0.1) is 5.56 Å². The lowest BCUT2D eigenvalue weighted by Crippen LogP contribution is -2.31. The quantitative estimate of drug-likeness (QED) is 0.851. The lowest BCUT2D eigenvalue weighted by molar-refractivity contribution is -0.119. The predicted molar refractivity (Wildman–Crippen MR) is 92.8 cm³/mol. The summed E-state index contributed by atoms with van der Waals surface area (Å²) in [5.74, 6) is 5.00. The zero-order valence-corrected chi connectivity index (χ0v) is 13.7. The zero-order chi connectivity index (χ0) is 17.5. The van der Waals surface area contributed by atoms with E-state index in [1.807, 2.05) is 31.2 Å². The Labute approximate surface area is 141 Å². The monoisotopic (exact) mass is 321 g/mol. The van der Waals surface area contributed by atoms with Gasteiger partial charge in [0.2, 0.25) is 5.91 Å². The van der Waals surface area contributed by atoms with Gasteiger partial charge in [-0.15, -0.1) is 0 Å². The summed E-state index contributed by atoms with van der Waals surface area (Å²) in [6, 6.07) is 14.4. The van der Waals surface area contributed by atoms with E-state index in [4.69, 9.17) is 5.11 Å². The number of carbonyl (C=O) groups is 2. The first-order valence-corrected chi connectivity index (χ1v) is 7.65. The molecule has 0 aliphatic heterocycles. The van der Waals surface area contributed by atoms with E-state index in [-0.39, 0.29) is 17.5 Å². The van der Waals surface area contributed by atoms with Crippen LogP contribution in [0.15, 0.2) is 48.5 Å². The molecule has 1 atom stereocenters. The van der Waals surface area contributed by atoms with Gasteiger partial charge in [0.15, 0.2) is 0 Å². The maximum absolute atomic E-state index is 11.0. The molecule has 0 aromatic heterocycles. The van der Waals surface area contributed by atoms with Crippen molar-refractivity contribution in [1.29, 1.82) is 0 Å². The molecular formula is C20H19NO3. The molecule has 0 aliphatic carbocycles. The van der Waals surface area contributed by atoms with Crippen molar-refractivity contribution >= 4 is 11.9 Å². The highest BCUT2D eigenvalue weighted by Crippen LogP contribution is 2.08. The molecule has 2 aromatic rings. The number of rotatable bonds is 4. The van der Waals surface area contributed by atoms with E-state index in [2.05, 4.69) is 17.2 Å². The van der Waals surface area contributed by atoms with Gasteiger partial charge in [0.1, 0.15) is 0 Å². The molecule has 4 heteroatoms. The third-order valence-corrected chi connectivity index (χ3v) is 3.41. The SMILES string of the molecule is CC(=O)NC(C)Cc1ccc(C#Cc2cccc(C(=O)O)c2)cc1. The fourth-order valence-corrected chi connectivity index (χ4v) is 2.35. The van der Waals surface area contributed by atoms with E-state index in [1.54, 1.807) is 24.3 Å². The molecule has 0 aliphatic rings. The number of carboxylic acids is 1. The van der Waals surface area contributed by atoms with Gasteiger partial charge >= 0.3 is 5.97 Å². The Morgan fingerprint density at radius 1 is 1.08 bits per heavy atom. The molecule has 0 saturated carbocycles. The molecule has 4 nitrogen and oxygen atoms in total. The molecule has 24 heavy (non-hydrogen) atoms. The fraction of sp³-hybridized carbons (Fsp3) is 0.200. The molecule has 0 fully saturated rings. The number of carbonyl (C=O) groups excluding carboxylic acids is 1. The third-order valence-electron chi connectivity index (χ3n) is 3.41. The third kappa shape index (κ3) is 5.29. The van der Waals surface area contributed by atoms with E-state index in [0.29, 0.717) is 5.56 Å². The van der Waals surface area contributed by atoms with Crippen LogP contribution in [0.1, 0.15) is 40.9 Å². The molecule has 0 radical (unpaired) electrons. The van der Waals surface area contributed by atoms with Crippen LogP contribution in [0, 0.1) is 11.8 Å². The Bertz CT molecular complexity index is 798. The number of amides is 1. The first-order valence-electron chi connectivity index (χ1n) is 7.65. The maximum atomic E-state index is 11.0. The smallest absolute Gasteiger partial charge is 0.335 e. The summed E-state index contributed by atoms with van der Waals surface area (Å²) in [6.07, 6.45) is 0.758. The van der Waals surface area contributed by atoms with Crippen LogP contribution >= 0.6 is 0 Å². The molecule has 122 valence electrons. The largest absolute Gasteiger partial charge is 0.478 e. The number of benzene rings is 2. The Hall–Kier alpha value is -3.06. The lowest BCUT2D eigenvalue weighted by atomic mass is 10.0. The van der Waals surface area contributed by atoms with Gasteiger partial charge in [-0.05, 0) is 49.2 Å². The molecule has 2 N–H and O–H groups in total. The van der Waals surface area contributed by atoms with Crippen LogP contribution in [0.5, 0.6) is 0 Å². The summed E-state index contributed by atoms with van der Waals surface area (Å²) < 4.78 is 0. The second kappa shape index (κ2) is 7.98. The molecule has 2 rings (SSSR count). The van der Waals surface area contributed by atoms with Gasteiger partial charge in [-0.3, -0.25) is 4.79 Å². The van der Waals surface area contributed by atoms with Crippen LogP contribution in [-0.2, 0) is 11.2 Å². The summed E-state index contributed by atoms with van der Waals surface area (Å²) in [7, 11) is 0. The minimum absolute atomic E-state index is 0.0337. The minimum atomic E-state index is -0.962. The molecule has 2 aromatic carbocycles. The van der Waals surface area contributed by atoms with Crippen LogP contribution in [0.3, 0.4) is 0 Å². The number of nitrogens with one attached hydrogen (secondary N) is 1. The number of aromatic carboxylic acids is 1. The van der Waals surface area contributed by atoms with Crippen molar-refractivity contribution in [3.63, 3.8) is 0 Å². The van der Waals surface area contributed by atoms with Crippen LogP contribution < -0.4 is 5.32 Å². The van der Waals surface area contributed by atoms with Gasteiger partial charge in [0, 0.05) is 24.1 Å². The van der Waals surface area contributed by atoms with Gasteiger partial charge in [-0.1, -0.05) is 30.0 Å². The summed E-state index contributed by atoms with van der Waals surface area (Å²) in [5, 5.41) is 11.8. The van der Waals surface area contributed by atoms with Crippen molar-refractivity contribution in [1.82, 2.24) is 5.32 Å². The highest BCUT2D eigenvalue weighted by Gasteiger charge is 2.04. The Morgan fingerprint density at radius 3 is 2.38 bits per heavy atom. The highest BCUT2D eigenvalue weighted by atomic mass is 16.4. The second-order valence-corrected chi connectivity index (χ2v) is 5.64. The molecule has 1 amide bonds. The average molecular weight is 321 g/mol. The molecule has 0 heterocycles. The molecule has 0 saturated heterocycles. The van der Waals surface area contributed by atoms with Crippen LogP contribution in [0.25, 0.3) is 0 Å². The van der Waals surface area contributed by atoms with Crippen molar-refractivity contribution in [2.75, 3.05) is 0 Å². The Kier molecular flexibility index (Phi) is 5.75. The normalized spacial score (nSPS) is 11.1. The standard InChI is InChI=1S/C20H19NO3/c1-14(21-15(2)22)12-18-10-7-16(8-11-18)6-9-17-4-3-5-19(13-17)20(23)24/h3-5,7-8,10-11,13-14H,12H2,1-2H3,(H,21,22)(H,23,24). The van der Waals surface area contributed by atoms with Crippen molar-refractivity contribution in [2.45, 2.75) is 26.3 Å². The average Bonchev–Trinajstić information content (AvgIpc) is 2.53. The molecule has 0 spiro atoms. The molecule has 1 unspecified atom stereocenters. The van der Waals surface area contributed by atoms with E-state index in [9.17, 15) is 9.59 Å². The molecule has 0 bridgehead atoms. The van der Waals surface area contributed by atoms with Gasteiger partial charge in [-0.25, -0.2) is 4.79 Å². The summed E-state index contributed by atoms with van der Waals surface area (Å²) >= 11 is 0.